The third kappa shape index (κ3) is 15.6. The monoisotopic (exact) mass is 471 g/mol. The summed E-state index contributed by atoms with van der Waals surface area (Å²) in [4.78, 5) is 12.2. The molecule has 0 bridgehead atoms. The Morgan fingerprint density at radius 3 is 2.21 bits per heavy atom. The molecule has 192 valence electrons. The van der Waals surface area contributed by atoms with E-state index in [0.717, 1.165) is 55.6 Å². The molecule has 0 radical (unpaired) electrons. The molecule has 1 rings (SSSR count). The van der Waals surface area contributed by atoms with Crippen LogP contribution in [0.2, 0.25) is 0 Å². The molecule has 0 aliphatic carbocycles. The number of benzene rings is 1. The lowest BCUT2D eigenvalue weighted by molar-refractivity contribution is -0.121. The summed E-state index contributed by atoms with van der Waals surface area (Å²) in [6.45, 7) is 5.59. The first-order chi connectivity index (χ1) is 16.7. The van der Waals surface area contributed by atoms with Crippen LogP contribution in [0.4, 0.5) is 0 Å². The summed E-state index contributed by atoms with van der Waals surface area (Å²) in [5.41, 5.74) is 1.02. The largest absolute Gasteiger partial charge is 0.493 e. The average molecular weight is 472 g/mol. The molecule has 34 heavy (non-hydrogen) atoms. The van der Waals surface area contributed by atoms with Gasteiger partial charge in [0.15, 0.2) is 11.5 Å². The van der Waals surface area contributed by atoms with Gasteiger partial charge in [-0.3, -0.25) is 4.79 Å². The van der Waals surface area contributed by atoms with Crippen LogP contribution in [-0.4, -0.2) is 19.6 Å². The van der Waals surface area contributed by atoms with Gasteiger partial charge in [0.1, 0.15) is 0 Å². The molecule has 0 spiro atoms. The summed E-state index contributed by atoms with van der Waals surface area (Å²) in [5, 5.41) is 3.02. The van der Waals surface area contributed by atoms with Crippen LogP contribution in [0, 0.1) is 0 Å². The molecule has 1 aromatic carbocycles. The van der Waals surface area contributed by atoms with E-state index in [9.17, 15) is 4.79 Å². The van der Waals surface area contributed by atoms with E-state index in [1.807, 2.05) is 18.2 Å². The molecule has 0 aromatic heterocycles. The fourth-order valence-corrected chi connectivity index (χ4v) is 3.65. The number of ether oxygens (including phenoxy) is 2. The maximum Gasteiger partial charge on any atom is 0.220 e. The van der Waals surface area contributed by atoms with E-state index < -0.39 is 0 Å². The van der Waals surface area contributed by atoms with Gasteiger partial charge in [-0.15, -0.1) is 0 Å². The Bertz CT molecular complexity index is 696. The van der Waals surface area contributed by atoms with Crippen LogP contribution >= 0.6 is 0 Å². The van der Waals surface area contributed by atoms with Crippen molar-refractivity contribution in [2.45, 2.75) is 110 Å². The van der Waals surface area contributed by atoms with Gasteiger partial charge in [0, 0.05) is 13.0 Å². The number of allylic oxidation sites excluding steroid dienone is 4. The standard InChI is InChI=1S/C30H49NO3/c1-4-6-8-9-10-11-12-13-14-15-16-17-18-19-20-21-30(32)31-26-27-22-23-28(29(25-27)33-3)34-24-7-5-2/h10-11,13-14,22-23,25H,4-9,12,15-21,24,26H2,1-3H3,(H,31,32). The number of rotatable bonds is 21. The summed E-state index contributed by atoms with van der Waals surface area (Å²) in [5.74, 6) is 1.60. The summed E-state index contributed by atoms with van der Waals surface area (Å²) in [6.07, 6.45) is 25.1. The third-order valence-electron chi connectivity index (χ3n) is 5.83. The van der Waals surface area contributed by atoms with Crippen molar-refractivity contribution in [3.8, 4) is 11.5 Å². The third-order valence-corrected chi connectivity index (χ3v) is 5.83. The summed E-state index contributed by atoms with van der Waals surface area (Å²) < 4.78 is 11.2. The zero-order valence-electron chi connectivity index (χ0n) is 22.1. The van der Waals surface area contributed by atoms with E-state index >= 15 is 0 Å². The fraction of sp³-hybridized carbons (Fsp3) is 0.633. The van der Waals surface area contributed by atoms with Crippen molar-refractivity contribution in [1.29, 1.82) is 0 Å². The van der Waals surface area contributed by atoms with Crippen molar-refractivity contribution >= 4 is 5.91 Å². The highest BCUT2D eigenvalue weighted by Crippen LogP contribution is 2.28. The van der Waals surface area contributed by atoms with Gasteiger partial charge in [-0.1, -0.05) is 82.7 Å². The molecule has 4 heteroatoms. The summed E-state index contributed by atoms with van der Waals surface area (Å²) in [6, 6.07) is 5.86. The Labute approximate surface area is 209 Å². The van der Waals surface area contributed by atoms with Crippen LogP contribution in [0.5, 0.6) is 11.5 Å². The maximum atomic E-state index is 12.2. The second kappa shape index (κ2) is 21.3. The van der Waals surface area contributed by atoms with E-state index in [4.69, 9.17) is 9.47 Å². The molecule has 0 aliphatic rings. The highest BCUT2D eigenvalue weighted by molar-refractivity contribution is 5.75. The molecule has 0 saturated carbocycles. The lowest BCUT2D eigenvalue weighted by atomic mass is 10.1. The molecule has 0 unspecified atom stereocenters. The molecule has 4 nitrogen and oxygen atoms in total. The highest BCUT2D eigenvalue weighted by atomic mass is 16.5. The second-order valence-corrected chi connectivity index (χ2v) is 8.94. The Morgan fingerprint density at radius 1 is 0.824 bits per heavy atom. The topological polar surface area (TPSA) is 47.6 Å². The molecule has 1 aromatic rings. The van der Waals surface area contributed by atoms with E-state index in [2.05, 4.69) is 43.5 Å². The van der Waals surface area contributed by atoms with E-state index in [1.54, 1.807) is 7.11 Å². The number of nitrogens with one attached hydrogen (secondary N) is 1. The second-order valence-electron chi connectivity index (χ2n) is 8.94. The first kappa shape index (κ1) is 29.8. The first-order valence-corrected chi connectivity index (χ1v) is 13.6. The zero-order valence-corrected chi connectivity index (χ0v) is 22.1. The van der Waals surface area contributed by atoms with Crippen molar-refractivity contribution in [2.24, 2.45) is 0 Å². The summed E-state index contributed by atoms with van der Waals surface area (Å²) >= 11 is 0. The maximum absolute atomic E-state index is 12.2. The van der Waals surface area contributed by atoms with Gasteiger partial charge in [0.2, 0.25) is 5.91 Å². The number of amides is 1. The molecule has 0 heterocycles. The minimum atomic E-state index is 0.118. The lowest BCUT2D eigenvalue weighted by Crippen LogP contribution is -2.22. The molecular formula is C30H49NO3. The van der Waals surface area contributed by atoms with Crippen LogP contribution < -0.4 is 14.8 Å². The predicted molar refractivity (Wildman–Crippen MR) is 145 cm³/mol. The number of carbonyl (C=O) groups excluding carboxylic acids is 1. The van der Waals surface area contributed by atoms with Crippen molar-refractivity contribution in [1.82, 2.24) is 5.32 Å². The van der Waals surface area contributed by atoms with Crippen molar-refractivity contribution in [2.75, 3.05) is 13.7 Å². The van der Waals surface area contributed by atoms with Crippen molar-refractivity contribution < 1.29 is 14.3 Å². The molecule has 1 N–H and O–H groups in total. The smallest absolute Gasteiger partial charge is 0.220 e. The van der Waals surface area contributed by atoms with Crippen LogP contribution in [0.3, 0.4) is 0 Å². The predicted octanol–water partition coefficient (Wildman–Crippen LogP) is 8.30. The molecule has 0 fully saturated rings. The van der Waals surface area contributed by atoms with E-state index in [-0.39, 0.29) is 5.91 Å². The molecule has 0 aliphatic heterocycles. The normalized spacial score (nSPS) is 11.4. The molecule has 1 amide bonds. The van der Waals surface area contributed by atoms with Gasteiger partial charge in [-0.25, -0.2) is 0 Å². The summed E-state index contributed by atoms with van der Waals surface area (Å²) in [7, 11) is 1.65. The van der Waals surface area contributed by atoms with E-state index in [0.29, 0.717) is 19.6 Å². The van der Waals surface area contributed by atoms with Crippen LogP contribution in [0.15, 0.2) is 42.5 Å². The van der Waals surface area contributed by atoms with E-state index in [1.165, 1.54) is 44.9 Å². The van der Waals surface area contributed by atoms with Crippen LogP contribution in [-0.2, 0) is 11.3 Å². The lowest BCUT2D eigenvalue weighted by Gasteiger charge is -2.12. The van der Waals surface area contributed by atoms with Crippen molar-refractivity contribution in [3.63, 3.8) is 0 Å². The number of methoxy groups -OCH3 is 1. The minimum absolute atomic E-state index is 0.118. The van der Waals surface area contributed by atoms with Gasteiger partial charge < -0.3 is 14.8 Å². The Morgan fingerprint density at radius 2 is 1.50 bits per heavy atom. The van der Waals surface area contributed by atoms with Crippen molar-refractivity contribution in [3.05, 3.63) is 48.1 Å². The SMILES string of the molecule is CCCCCC=CCC=CCCCCCCCC(=O)NCc1ccc(OCCCC)c(OC)c1. The molecular weight excluding hydrogens is 422 g/mol. The zero-order chi connectivity index (χ0) is 24.7. The molecule has 0 atom stereocenters. The Hall–Kier alpha value is -2.23. The van der Waals surface area contributed by atoms with Gasteiger partial charge in [-0.2, -0.15) is 0 Å². The Kier molecular flexibility index (Phi) is 18.7. The fourth-order valence-electron chi connectivity index (χ4n) is 3.65. The van der Waals surface area contributed by atoms with Gasteiger partial charge >= 0.3 is 0 Å². The van der Waals surface area contributed by atoms with Crippen LogP contribution in [0.1, 0.15) is 109 Å². The average Bonchev–Trinajstić information content (AvgIpc) is 2.85. The minimum Gasteiger partial charge on any atom is -0.493 e. The molecule has 0 saturated heterocycles. The quantitative estimate of drug-likeness (QED) is 0.145. The first-order valence-electron chi connectivity index (χ1n) is 13.6. The Balaban J connectivity index is 2.06. The number of carbonyl (C=O) groups is 1. The van der Waals surface area contributed by atoms with Gasteiger partial charge in [0.05, 0.1) is 13.7 Å². The number of hydrogen-bond donors (Lipinski definition) is 1. The van der Waals surface area contributed by atoms with Crippen LogP contribution in [0.25, 0.3) is 0 Å². The van der Waals surface area contributed by atoms with Gasteiger partial charge in [0.25, 0.3) is 0 Å². The number of hydrogen-bond acceptors (Lipinski definition) is 3. The van der Waals surface area contributed by atoms with Gasteiger partial charge in [-0.05, 0) is 62.6 Å². The highest BCUT2D eigenvalue weighted by Gasteiger charge is 2.07. The number of unbranched alkanes of at least 4 members (excludes halogenated alkanes) is 9.